The van der Waals surface area contributed by atoms with Gasteiger partial charge in [-0.3, -0.25) is 9.59 Å². The second-order valence-electron chi connectivity index (χ2n) is 7.14. The minimum atomic E-state index is 0.0164. The monoisotopic (exact) mass is 359 g/mol. The lowest BCUT2D eigenvalue weighted by molar-refractivity contribution is -0.140. The molecule has 0 aliphatic carbocycles. The molecule has 3 aliphatic rings. The van der Waals surface area contributed by atoms with Crippen LogP contribution in [0.4, 0.5) is 0 Å². The third-order valence-corrected chi connectivity index (χ3v) is 5.59. The Labute approximate surface area is 153 Å². The highest BCUT2D eigenvalue weighted by atomic mass is 16.6. The van der Waals surface area contributed by atoms with E-state index in [1.54, 1.807) is 18.2 Å². The maximum atomic E-state index is 13.0. The van der Waals surface area contributed by atoms with Crippen molar-refractivity contribution < 1.29 is 19.1 Å². The number of amides is 2. The van der Waals surface area contributed by atoms with Crippen LogP contribution < -0.4 is 15.2 Å². The quantitative estimate of drug-likeness (QED) is 0.866. The fourth-order valence-corrected chi connectivity index (χ4v) is 4.32. The van der Waals surface area contributed by atoms with Crippen molar-refractivity contribution in [2.75, 3.05) is 39.4 Å². The van der Waals surface area contributed by atoms with Gasteiger partial charge in [-0.15, -0.1) is 0 Å². The first-order valence-electron chi connectivity index (χ1n) is 9.36. The summed E-state index contributed by atoms with van der Waals surface area (Å²) >= 11 is 0. The van der Waals surface area contributed by atoms with E-state index in [-0.39, 0.29) is 17.9 Å². The van der Waals surface area contributed by atoms with Crippen molar-refractivity contribution >= 4 is 11.8 Å². The largest absolute Gasteiger partial charge is 0.486 e. The predicted octanol–water partition coefficient (Wildman–Crippen LogP) is 0.870. The third kappa shape index (κ3) is 3.11. The highest BCUT2D eigenvalue weighted by molar-refractivity contribution is 5.95. The van der Waals surface area contributed by atoms with Gasteiger partial charge in [0.15, 0.2) is 11.5 Å². The maximum Gasteiger partial charge on any atom is 0.254 e. The molecular weight excluding hydrogens is 334 g/mol. The lowest BCUT2D eigenvalue weighted by Gasteiger charge is -2.47. The van der Waals surface area contributed by atoms with E-state index in [9.17, 15) is 9.59 Å². The zero-order chi connectivity index (χ0) is 18.1. The number of carbonyl (C=O) groups is 2. The van der Waals surface area contributed by atoms with Crippen LogP contribution >= 0.6 is 0 Å². The molecular formula is C19H25N3O4. The van der Waals surface area contributed by atoms with Crippen molar-refractivity contribution in [1.82, 2.24) is 9.80 Å². The van der Waals surface area contributed by atoms with Crippen LogP contribution in [0.15, 0.2) is 18.2 Å². The molecule has 2 amide bonds. The van der Waals surface area contributed by atoms with E-state index < -0.39 is 0 Å². The van der Waals surface area contributed by atoms with E-state index in [1.165, 1.54) is 0 Å². The summed E-state index contributed by atoms with van der Waals surface area (Å²) in [7, 11) is 0. The zero-order valence-corrected chi connectivity index (χ0v) is 14.9. The van der Waals surface area contributed by atoms with Gasteiger partial charge in [0.1, 0.15) is 13.2 Å². The Kier molecular flexibility index (Phi) is 4.72. The first kappa shape index (κ1) is 17.1. The fourth-order valence-electron chi connectivity index (χ4n) is 4.32. The molecule has 2 atom stereocenters. The Morgan fingerprint density at radius 1 is 1.19 bits per heavy atom. The minimum Gasteiger partial charge on any atom is -0.486 e. The standard InChI is InChI=1S/C19H25N3O4/c20-6-8-22-15-5-7-21(12-14(15)2-4-18(22)23)19(24)13-1-3-16-17(11-13)26-10-9-25-16/h1,3,11,14-15H,2,4-10,12,20H2/t14-,15+/m0/s1. The van der Waals surface area contributed by atoms with Crippen molar-refractivity contribution in [3.8, 4) is 11.5 Å². The predicted molar refractivity (Wildman–Crippen MR) is 95.2 cm³/mol. The highest BCUT2D eigenvalue weighted by Crippen LogP contribution is 2.34. The molecule has 140 valence electrons. The molecule has 3 aliphatic heterocycles. The van der Waals surface area contributed by atoms with Crippen LogP contribution in [-0.2, 0) is 4.79 Å². The number of nitrogens with zero attached hydrogens (tertiary/aromatic N) is 2. The molecule has 4 rings (SSSR count). The second kappa shape index (κ2) is 7.15. The van der Waals surface area contributed by atoms with E-state index in [4.69, 9.17) is 15.2 Å². The molecule has 2 fully saturated rings. The van der Waals surface area contributed by atoms with Crippen LogP contribution in [0.3, 0.4) is 0 Å². The van der Waals surface area contributed by atoms with Crippen LogP contribution in [0.5, 0.6) is 11.5 Å². The average Bonchev–Trinajstić information content (AvgIpc) is 2.69. The topological polar surface area (TPSA) is 85.1 Å². The Bertz CT molecular complexity index is 708. The third-order valence-electron chi connectivity index (χ3n) is 5.59. The van der Waals surface area contributed by atoms with Crippen LogP contribution in [0.2, 0.25) is 0 Å². The van der Waals surface area contributed by atoms with Gasteiger partial charge in [-0.05, 0) is 37.0 Å². The Balaban J connectivity index is 1.47. The van der Waals surface area contributed by atoms with Crippen LogP contribution in [0, 0.1) is 5.92 Å². The van der Waals surface area contributed by atoms with E-state index in [0.717, 1.165) is 12.8 Å². The van der Waals surface area contributed by atoms with E-state index in [1.807, 2.05) is 9.80 Å². The normalized spacial score (nSPS) is 25.0. The van der Waals surface area contributed by atoms with E-state index in [2.05, 4.69) is 0 Å². The van der Waals surface area contributed by atoms with Crippen molar-refractivity contribution in [2.24, 2.45) is 11.7 Å². The van der Waals surface area contributed by atoms with Gasteiger partial charge in [-0.2, -0.15) is 0 Å². The highest BCUT2D eigenvalue weighted by Gasteiger charge is 2.40. The summed E-state index contributed by atoms with van der Waals surface area (Å²) in [5, 5.41) is 0. The molecule has 26 heavy (non-hydrogen) atoms. The fraction of sp³-hybridized carbons (Fsp3) is 0.579. The first-order chi connectivity index (χ1) is 12.7. The van der Waals surface area contributed by atoms with Crippen molar-refractivity contribution in [1.29, 1.82) is 0 Å². The first-order valence-corrected chi connectivity index (χ1v) is 9.36. The maximum absolute atomic E-state index is 13.0. The molecule has 0 spiro atoms. The summed E-state index contributed by atoms with van der Waals surface area (Å²) in [6.45, 7) is 3.47. The van der Waals surface area contributed by atoms with Gasteiger partial charge in [-0.1, -0.05) is 0 Å². The lowest BCUT2D eigenvalue weighted by Crippen LogP contribution is -2.57. The number of carbonyl (C=O) groups excluding carboxylic acids is 2. The Morgan fingerprint density at radius 3 is 2.81 bits per heavy atom. The minimum absolute atomic E-state index is 0.0164. The number of rotatable bonds is 3. The van der Waals surface area contributed by atoms with Crippen LogP contribution in [0.25, 0.3) is 0 Å². The molecule has 7 nitrogen and oxygen atoms in total. The molecule has 0 bridgehead atoms. The Hall–Kier alpha value is -2.28. The van der Waals surface area contributed by atoms with Gasteiger partial charge >= 0.3 is 0 Å². The van der Waals surface area contributed by atoms with E-state index in [0.29, 0.717) is 68.8 Å². The Morgan fingerprint density at radius 2 is 2.00 bits per heavy atom. The van der Waals surface area contributed by atoms with Gasteiger partial charge < -0.3 is 25.0 Å². The van der Waals surface area contributed by atoms with E-state index >= 15 is 0 Å². The summed E-state index contributed by atoms with van der Waals surface area (Å²) < 4.78 is 11.1. The molecule has 0 unspecified atom stereocenters. The number of ether oxygens (including phenoxy) is 2. The van der Waals surface area contributed by atoms with Gasteiger partial charge in [0.25, 0.3) is 5.91 Å². The second-order valence-corrected chi connectivity index (χ2v) is 7.14. The van der Waals surface area contributed by atoms with Gasteiger partial charge in [0.2, 0.25) is 5.91 Å². The summed E-state index contributed by atoms with van der Waals surface area (Å²) in [5.41, 5.74) is 6.29. The molecule has 0 radical (unpaired) electrons. The molecule has 2 N–H and O–H groups in total. The molecule has 0 saturated carbocycles. The zero-order valence-electron chi connectivity index (χ0n) is 14.9. The van der Waals surface area contributed by atoms with Gasteiger partial charge in [0.05, 0.1) is 0 Å². The molecule has 2 saturated heterocycles. The number of hydrogen-bond donors (Lipinski definition) is 1. The SMILES string of the molecule is NCCN1C(=O)CC[C@H]2CN(C(=O)c3ccc4c(c3)OCCO4)CC[C@H]21. The molecule has 1 aromatic rings. The summed E-state index contributed by atoms with van der Waals surface area (Å²) in [5.74, 6) is 1.87. The number of hydrogen-bond acceptors (Lipinski definition) is 5. The number of nitrogens with two attached hydrogens (primary N) is 1. The van der Waals surface area contributed by atoms with Gasteiger partial charge in [-0.25, -0.2) is 0 Å². The number of fused-ring (bicyclic) bond motifs is 2. The lowest BCUT2D eigenvalue weighted by atomic mass is 9.83. The molecule has 3 heterocycles. The van der Waals surface area contributed by atoms with Crippen molar-refractivity contribution in [3.05, 3.63) is 23.8 Å². The average molecular weight is 359 g/mol. The molecule has 1 aromatic carbocycles. The van der Waals surface area contributed by atoms with Crippen LogP contribution in [0.1, 0.15) is 29.6 Å². The smallest absolute Gasteiger partial charge is 0.254 e. The number of likely N-dealkylation sites (tertiary alicyclic amines) is 2. The number of piperidine rings is 2. The summed E-state index contributed by atoms with van der Waals surface area (Å²) in [6, 6.07) is 5.58. The molecule has 0 aromatic heterocycles. The van der Waals surface area contributed by atoms with Crippen molar-refractivity contribution in [3.63, 3.8) is 0 Å². The molecule has 7 heteroatoms. The van der Waals surface area contributed by atoms with Crippen molar-refractivity contribution in [2.45, 2.75) is 25.3 Å². The van der Waals surface area contributed by atoms with Gasteiger partial charge in [0, 0.05) is 44.2 Å². The summed E-state index contributed by atoms with van der Waals surface area (Å²) in [6.07, 6.45) is 2.20. The summed E-state index contributed by atoms with van der Waals surface area (Å²) in [4.78, 5) is 29.0. The van der Waals surface area contributed by atoms with Crippen LogP contribution in [-0.4, -0.2) is 67.0 Å². The number of benzene rings is 1.